The standard InChI is InChI=1S/C27H25N3O5/c31-25(28-10-8-17-12-29-19-4-2-1-3-18(17)19)23-21-7-9-27(35-21)14-30(26(32)24(23)27)13-16-5-6-20-22(11-16)34-15-33-20/h1-7,9,11-12,21,23-24,29H,8,10,13-15H2,(H,28,31)/t21-,23-,24+,27-/m1/s1. The van der Waals surface area contributed by atoms with Crippen molar-refractivity contribution in [3.63, 3.8) is 0 Å². The Morgan fingerprint density at radius 3 is 3.00 bits per heavy atom. The highest BCUT2D eigenvalue weighted by Crippen LogP contribution is 2.52. The quantitative estimate of drug-likeness (QED) is 0.539. The molecule has 5 heterocycles. The van der Waals surface area contributed by atoms with E-state index in [1.165, 1.54) is 0 Å². The normalized spacial score (nSPS) is 27.7. The maximum atomic E-state index is 13.5. The summed E-state index contributed by atoms with van der Waals surface area (Å²) in [5, 5.41) is 4.23. The Kier molecular flexibility index (Phi) is 4.48. The molecule has 7 rings (SSSR count). The lowest BCUT2D eigenvalue weighted by molar-refractivity contribution is -0.137. The van der Waals surface area contributed by atoms with E-state index in [0.717, 1.165) is 22.0 Å². The number of fused-ring (bicyclic) bond motifs is 3. The Balaban J connectivity index is 1.04. The van der Waals surface area contributed by atoms with Crippen LogP contribution in [0.25, 0.3) is 10.9 Å². The number of rotatable bonds is 6. The van der Waals surface area contributed by atoms with E-state index in [9.17, 15) is 9.59 Å². The second-order valence-corrected chi connectivity index (χ2v) is 9.68. The van der Waals surface area contributed by atoms with Crippen LogP contribution in [0.5, 0.6) is 11.5 Å². The molecule has 2 amide bonds. The lowest BCUT2D eigenvalue weighted by Crippen LogP contribution is -2.44. The minimum absolute atomic E-state index is 0.0358. The highest BCUT2D eigenvalue weighted by atomic mass is 16.7. The van der Waals surface area contributed by atoms with Crippen molar-refractivity contribution < 1.29 is 23.8 Å². The van der Waals surface area contributed by atoms with Crippen molar-refractivity contribution in [1.29, 1.82) is 0 Å². The van der Waals surface area contributed by atoms with Crippen LogP contribution in [0.4, 0.5) is 0 Å². The Morgan fingerprint density at radius 1 is 1.17 bits per heavy atom. The van der Waals surface area contributed by atoms with Crippen LogP contribution < -0.4 is 14.8 Å². The van der Waals surface area contributed by atoms with Crippen LogP contribution >= 0.6 is 0 Å². The molecule has 0 unspecified atom stereocenters. The topological polar surface area (TPSA) is 92.9 Å². The van der Waals surface area contributed by atoms with Crippen LogP contribution in [0.2, 0.25) is 0 Å². The minimum Gasteiger partial charge on any atom is -0.454 e. The van der Waals surface area contributed by atoms with Gasteiger partial charge < -0.3 is 29.4 Å². The van der Waals surface area contributed by atoms with Gasteiger partial charge in [-0.3, -0.25) is 9.59 Å². The second kappa shape index (κ2) is 7.61. The van der Waals surface area contributed by atoms with Gasteiger partial charge in [-0.05, 0) is 35.7 Å². The number of benzene rings is 2. The Bertz CT molecular complexity index is 1380. The molecule has 2 saturated heterocycles. The number of nitrogens with zero attached hydrogens (tertiary/aromatic N) is 1. The van der Waals surface area contributed by atoms with Gasteiger partial charge in [-0.2, -0.15) is 0 Å². The summed E-state index contributed by atoms with van der Waals surface area (Å²) in [6, 6.07) is 13.8. The van der Waals surface area contributed by atoms with Crippen LogP contribution in [0.15, 0.2) is 60.8 Å². The van der Waals surface area contributed by atoms with Crippen LogP contribution in [0.1, 0.15) is 11.1 Å². The molecule has 2 aromatic carbocycles. The van der Waals surface area contributed by atoms with Crippen molar-refractivity contribution in [1.82, 2.24) is 15.2 Å². The SMILES string of the molecule is O=C(NCCc1c[nH]c2ccccc12)[C@H]1[C@H]2C(=O)N(Cc3ccc4c(c3)OCO4)C[C@]23C=C[C@H]1O3. The van der Waals surface area contributed by atoms with E-state index < -0.39 is 17.4 Å². The smallest absolute Gasteiger partial charge is 0.231 e. The van der Waals surface area contributed by atoms with Gasteiger partial charge in [-0.15, -0.1) is 0 Å². The molecular formula is C27H25N3O5. The van der Waals surface area contributed by atoms with Crippen LogP contribution in [-0.2, 0) is 27.3 Å². The van der Waals surface area contributed by atoms with E-state index in [1.807, 2.05) is 54.7 Å². The average molecular weight is 472 g/mol. The molecule has 1 aromatic heterocycles. The molecule has 178 valence electrons. The number of ether oxygens (including phenoxy) is 3. The Labute approximate surface area is 201 Å². The van der Waals surface area contributed by atoms with Crippen LogP contribution in [-0.4, -0.2) is 53.3 Å². The van der Waals surface area contributed by atoms with Crippen molar-refractivity contribution in [2.45, 2.75) is 24.7 Å². The fourth-order valence-corrected chi connectivity index (χ4v) is 6.05. The fourth-order valence-electron chi connectivity index (χ4n) is 6.05. The molecule has 35 heavy (non-hydrogen) atoms. The van der Waals surface area contributed by atoms with E-state index in [0.29, 0.717) is 37.6 Å². The highest BCUT2D eigenvalue weighted by molar-refractivity contribution is 5.93. The van der Waals surface area contributed by atoms with E-state index in [2.05, 4.69) is 16.4 Å². The molecular weight excluding hydrogens is 446 g/mol. The molecule has 2 bridgehead atoms. The van der Waals surface area contributed by atoms with Gasteiger partial charge in [-0.1, -0.05) is 36.4 Å². The van der Waals surface area contributed by atoms with Crippen molar-refractivity contribution in [2.24, 2.45) is 11.8 Å². The van der Waals surface area contributed by atoms with Gasteiger partial charge >= 0.3 is 0 Å². The predicted molar refractivity (Wildman–Crippen MR) is 127 cm³/mol. The van der Waals surface area contributed by atoms with Crippen molar-refractivity contribution in [3.05, 3.63) is 71.9 Å². The molecule has 4 aliphatic rings. The number of amides is 2. The third kappa shape index (κ3) is 3.16. The van der Waals surface area contributed by atoms with Crippen molar-refractivity contribution in [2.75, 3.05) is 19.9 Å². The molecule has 2 fully saturated rings. The van der Waals surface area contributed by atoms with Gasteiger partial charge in [0.2, 0.25) is 18.6 Å². The molecule has 3 aromatic rings. The minimum atomic E-state index is -0.725. The number of H-pyrrole nitrogens is 1. The summed E-state index contributed by atoms with van der Waals surface area (Å²) in [6.07, 6.45) is 6.27. The van der Waals surface area contributed by atoms with Gasteiger partial charge in [0.05, 0.1) is 24.5 Å². The van der Waals surface area contributed by atoms with E-state index in [4.69, 9.17) is 14.2 Å². The molecule has 0 radical (unpaired) electrons. The molecule has 8 nitrogen and oxygen atoms in total. The summed E-state index contributed by atoms with van der Waals surface area (Å²) in [6.45, 7) is 1.59. The van der Waals surface area contributed by atoms with Gasteiger partial charge in [0, 0.05) is 30.2 Å². The van der Waals surface area contributed by atoms with Crippen LogP contribution in [0.3, 0.4) is 0 Å². The predicted octanol–water partition coefficient (Wildman–Crippen LogP) is 2.54. The molecule has 8 heteroatoms. The van der Waals surface area contributed by atoms with E-state index >= 15 is 0 Å². The molecule has 4 atom stereocenters. The largest absolute Gasteiger partial charge is 0.454 e. The number of aromatic amines is 1. The summed E-state index contributed by atoms with van der Waals surface area (Å²) in [5.74, 6) is 0.232. The summed E-state index contributed by atoms with van der Waals surface area (Å²) in [4.78, 5) is 31.8. The molecule has 0 saturated carbocycles. The number of aromatic nitrogens is 1. The van der Waals surface area contributed by atoms with Gasteiger partial charge in [0.25, 0.3) is 0 Å². The lowest BCUT2D eigenvalue weighted by Gasteiger charge is -2.23. The molecule has 1 spiro atoms. The molecule has 0 aliphatic carbocycles. The number of likely N-dealkylation sites (tertiary alicyclic amines) is 1. The monoisotopic (exact) mass is 471 g/mol. The maximum Gasteiger partial charge on any atom is 0.231 e. The number of carbonyl (C=O) groups excluding carboxylic acids is 2. The first kappa shape index (κ1) is 20.6. The summed E-state index contributed by atoms with van der Waals surface area (Å²) in [5.41, 5.74) is 2.48. The zero-order chi connectivity index (χ0) is 23.6. The summed E-state index contributed by atoms with van der Waals surface area (Å²) in [7, 11) is 0. The van der Waals surface area contributed by atoms with Gasteiger partial charge in [0.1, 0.15) is 5.60 Å². The first-order valence-electron chi connectivity index (χ1n) is 12.0. The van der Waals surface area contributed by atoms with E-state index in [-0.39, 0.29) is 24.7 Å². The fraction of sp³-hybridized carbons (Fsp3) is 0.333. The summed E-state index contributed by atoms with van der Waals surface area (Å²) < 4.78 is 17.1. The second-order valence-electron chi connectivity index (χ2n) is 9.68. The van der Waals surface area contributed by atoms with Gasteiger partial charge in [0.15, 0.2) is 11.5 Å². The third-order valence-electron chi connectivity index (χ3n) is 7.66. The molecule has 4 aliphatic heterocycles. The Hall–Kier alpha value is -3.78. The van der Waals surface area contributed by atoms with Gasteiger partial charge in [-0.25, -0.2) is 0 Å². The molecule has 2 N–H and O–H groups in total. The number of carbonyl (C=O) groups is 2. The average Bonchev–Trinajstić information content (AvgIpc) is 3.67. The first-order chi connectivity index (χ1) is 17.1. The van der Waals surface area contributed by atoms with Crippen LogP contribution in [0, 0.1) is 11.8 Å². The Morgan fingerprint density at radius 2 is 2.06 bits per heavy atom. The number of para-hydroxylation sites is 1. The maximum absolute atomic E-state index is 13.5. The zero-order valence-corrected chi connectivity index (χ0v) is 19.0. The van der Waals surface area contributed by atoms with Crippen molar-refractivity contribution >= 4 is 22.7 Å². The summed E-state index contributed by atoms with van der Waals surface area (Å²) >= 11 is 0. The van der Waals surface area contributed by atoms with Crippen molar-refractivity contribution in [3.8, 4) is 11.5 Å². The van der Waals surface area contributed by atoms with E-state index in [1.54, 1.807) is 4.90 Å². The highest BCUT2D eigenvalue weighted by Gasteiger charge is 2.66. The number of nitrogens with one attached hydrogen (secondary N) is 2. The first-order valence-corrected chi connectivity index (χ1v) is 12.0. The zero-order valence-electron chi connectivity index (χ0n) is 19.0. The number of hydrogen-bond acceptors (Lipinski definition) is 5. The number of hydrogen-bond donors (Lipinski definition) is 2. The third-order valence-corrected chi connectivity index (χ3v) is 7.66. The lowest BCUT2D eigenvalue weighted by atomic mass is 9.77.